The zero-order chi connectivity index (χ0) is 14.8. The van der Waals surface area contributed by atoms with Crippen LogP contribution in [0.25, 0.3) is 0 Å². The number of hydrogen-bond donors (Lipinski definition) is 2. The van der Waals surface area contributed by atoms with E-state index >= 15 is 0 Å². The van der Waals surface area contributed by atoms with Gasteiger partial charge in [0, 0.05) is 24.2 Å². The van der Waals surface area contributed by atoms with Gasteiger partial charge in [-0.05, 0) is 50.5 Å². The van der Waals surface area contributed by atoms with Crippen molar-refractivity contribution in [1.82, 2.24) is 9.97 Å². The second-order valence-electron chi connectivity index (χ2n) is 5.40. The fraction of sp³-hybridized carbons (Fsp3) is 0.375. The van der Waals surface area contributed by atoms with Crippen molar-refractivity contribution in [2.24, 2.45) is 0 Å². The Kier molecular flexibility index (Phi) is 3.73. The summed E-state index contributed by atoms with van der Waals surface area (Å²) in [6.07, 6.45) is 2.38. The number of halogens is 1. The highest BCUT2D eigenvalue weighted by Gasteiger charge is 2.26. The zero-order valence-electron chi connectivity index (χ0n) is 12.3. The molecule has 1 fully saturated rings. The molecule has 0 unspecified atom stereocenters. The van der Waals surface area contributed by atoms with E-state index in [1.165, 1.54) is 18.9 Å². The first-order valence-electron chi connectivity index (χ1n) is 7.31. The van der Waals surface area contributed by atoms with Crippen LogP contribution in [0.4, 0.5) is 21.8 Å². The molecule has 0 spiro atoms. The highest BCUT2D eigenvalue weighted by atomic mass is 19.1. The molecular formula is C16H19FN4. The van der Waals surface area contributed by atoms with Gasteiger partial charge in [-0.1, -0.05) is 0 Å². The Morgan fingerprint density at radius 3 is 2.71 bits per heavy atom. The third kappa shape index (κ3) is 3.29. The summed E-state index contributed by atoms with van der Waals surface area (Å²) in [7, 11) is 0. The van der Waals surface area contributed by atoms with Crippen LogP contribution in [0.5, 0.6) is 0 Å². The van der Waals surface area contributed by atoms with Gasteiger partial charge in [-0.25, -0.2) is 9.37 Å². The van der Waals surface area contributed by atoms with Crippen molar-refractivity contribution in [2.45, 2.75) is 32.6 Å². The summed E-state index contributed by atoms with van der Waals surface area (Å²) in [5.74, 6) is 1.74. The first-order chi connectivity index (χ1) is 10.2. The number of rotatable bonds is 5. The molecule has 0 radical (unpaired) electrons. The number of hydrogen-bond acceptors (Lipinski definition) is 4. The van der Waals surface area contributed by atoms with Crippen molar-refractivity contribution in [3.63, 3.8) is 0 Å². The van der Waals surface area contributed by atoms with E-state index in [0.29, 0.717) is 17.4 Å². The van der Waals surface area contributed by atoms with Gasteiger partial charge in [-0.3, -0.25) is 0 Å². The number of anilines is 3. The second kappa shape index (κ2) is 5.68. The molecule has 1 heterocycles. The summed E-state index contributed by atoms with van der Waals surface area (Å²) in [6, 6.07) is 6.94. The third-order valence-corrected chi connectivity index (χ3v) is 3.51. The van der Waals surface area contributed by atoms with E-state index in [2.05, 4.69) is 20.6 Å². The molecule has 1 aliphatic rings. The molecule has 0 amide bonds. The first-order valence-corrected chi connectivity index (χ1v) is 7.31. The van der Waals surface area contributed by atoms with Crippen LogP contribution in [0.1, 0.15) is 36.9 Å². The largest absolute Gasteiger partial charge is 0.354 e. The maximum atomic E-state index is 13.3. The van der Waals surface area contributed by atoms with Crippen molar-refractivity contribution in [2.75, 3.05) is 17.2 Å². The van der Waals surface area contributed by atoms with Gasteiger partial charge in [0.05, 0.1) is 5.69 Å². The minimum absolute atomic E-state index is 0.199. The normalized spacial score (nSPS) is 14.0. The highest BCUT2D eigenvalue weighted by molar-refractivity contribution is 5.59. The molecule has 1 saturated carbocycles. The molecule has 0 bridgehead atoms. The molecule has 3 rings (SSSR count). The average molecular weight is 286 g/mol. The van der Waals surface area contributed by atoms with Gasteiger partial charge in [0.15, 0.2) is 0 Å². The fourth-order valence-electron chi connectivity index (χ4n) is 2.23. The van der Waals surface area contributed by atoms with Crippen LogP contribution in [0.3, 0.4) is 0 Å². The maximum absolute atomic E-state index is 13.3. The molecule has 2 N–H and O–H groups in total. The van der Waals surface area contributed by atoms with E-state index in [-0.39, 0.29) is 5.82 Å². The lowest BCUT2D eigenvalue weighted by atomic mass is 10.2. The monoisotopic (exact) mass is 286 g/mol. The minimum Gasteiger partial charge on any atom is -0.354 e. The molecule has 1 aromatic heterocycles. The van der Waals surface area contributed by atoms with E-state index in [4.69, 9.17) is 0 Å². The molecule has 110 valence electrons. The van der Waals surface area contributed by atoms with Gasteiger partial charge < -0.3 is 10.6 Å². The Morgan fingerprint density at radius 1 is 1.24 bits per heavy atom. The third-order valence-electron chi connectivity index (χ3n) is 3.51. The Hall–Kier alpha value is -2.17. The molecular weight excluding hydrogens is 267 g/mol. The molecule has 1 aliphatic carbocycles. The number of aryl methyl sites for hydroxylation is 1. The second-order valence-corrected chi connectivity index (χ2v) is 5.40. The van der Waals surface area contributed by atoms with E-state index in [9.17, 15) is 4.39 Å². The number of aromatic nitrogens is 2. The summed E-state index contributed by atoms with van der Waals surface area (Å²) in [4.78, 5) is 8.99. The summed E-state index contributed by atoms with van der Waals surface area (Å²) < 4.78 is 13.3. The Morgan fingerprint density at radius 2 is 2.05 bits per heavy atom. The standard InChI is InChI=1S/C16H19FN4/c1-3-18-16-20-14(11-4-5-11)9-15(21-16)19-12-6-7-13(17)10(2)8-12/h6-9,11H,3-5H2,1-2H3,(H2,18,19,20,21). The van der Waals surface area contributed by atoms with Gasteiger partial charge >= 0.3 is 0 Å². The molecule has 0 saturated heterocycles. The summed E-state index contributed by atoms with van der Waals surface area (Å²) in [6.45, 7) is 4.55. The molecule has 2 aromatic rings. The van der Waals surface area contributed by atoms with Crippen molar-refractivity contribution in [1.29, 1.82) is 0 Å². The van der Waals surface area contributed by atoms with Crippen molar-refractivity contribution < 1.29 is 4.39 Å². The molecule has 0 atom stereocenters. The van der Waals surface area contributed by atoms with Crippen LogP contribution in [0.2, 0.25) is 0 Å². The SMILES string of the molecule is CCNc1nc(Nc2ccc(F)c(C)c2)cc(C2CC2)n1. The predicted octanol–water partition coefficient (Wildman–Crippen LogP) is 3.98. The Balaban J connectivity index is 1.87. The molecule has 0 aliphatic heterocycles. The van der Waals surface area contributed by atoms with Gasteiger partial charge in [-0.15, -0.1) is 0 Å². The van der Waals surface area contributed by atoms with Gasteiger partial charge in [0.1, 0.15) is 11.6 Å². The van der Waals surface area contributed by atoms with E-state index < -0.39 is 0 Å². The van der Waals surface area contributed by atoms with Crippen LogP contribution in [0.15, 0.2) is 24.3 Å². The lowest BCUT2D eigenvalue weighted by Gasteiger charge is -2.11. The molecule has 1 aromatic carbocycles. The van der Waals surface area contributed by atoms with Crippen molar-refractivity contribution in [3.05, 3.63) is 41.3 Å². The quantitative estimate of drug-likeness (QED) is 0.873. The van der Waals surface area contributed by atoms with Gasteiger partial charge in [0.25, 0.3) is 0 Å². The Bertz CT molecular complexity index is 653. The Labute approximate surface area is 123 Å². The van der Waals surface area contributed by atoms with Crippen LogP contribution in [-0.2, 0) is 0 Å². The van der Waals surface area contributed by atoms with Crippen LogP contribution >= 0.6 is 0 Å². The fourth-order valence-corrected chi connectivity index (χ4v) is 2.23. The first kappa shape index (κ1) is 13.8. The lowest BCUT2D eigenvalue weighted by Crippen LogP contribution is -2.06. The maximum Gasteiger partial charge on any atom is 0.224 e. The summed E-state index contributed by atoms with van der Waals surface area (Å²) in [5.41, 5.74) is 2.52. The topological polar surface area (TPSA) is 49.8 Å². The van der Waals surface area contributed by atoms with Crippen molar-refractivity contribution >= 4 is 17.5 Å². The van der Waals surface area contributed by atoms with Crippen LogP contribution in [-0.4, -0.2) is 16.5 Å². The lowest BCUT2D eigenvalue weighted by molar-refractivity contribution is 0.619. The molecule has 5 heteroatoms. The summed E-state index contributed by atoms with van der Waals surface area (Å²) >= 11 is 0. The van der Waals surface area contributed by atoms with Gasteiger partial charge in [-0.2, -0.15) is 4.98 Å². The van der Waals surface area contributed by atoms with Crippen LogP contribution in [0, 0.1) is 12.7 Å². The van der Waals surface area contributed by atoms with E-state index in [1.807, 2.05) is 13.0 Å². The number of nitrogens with zero attached hydrogens (tertiary/aromatic N) is 2. The predicted molar refractivity (Wildman–Crippen MR) is 82.6 cm³/mol. The van der Waals surface area contributed by atoms with E-state index in [1.54, 1.807) is 19.1 Å². The average Bonchev–Trinajstić information content (AvgIpc) is 3.28. The number of benzene rings is 1. The molecule has 21 heavy (non-hydrogen) atoms. The molecule has 4 nitrogen and oxygen atoms in total. The smallest absolute Gasteiger partial charge is 0.224 e. The number of nitrogens with one attached hydrogen (secondary N) is 2. The summed E-state index contributed by atoms with van der Waals surface area (Å²) in [5, 5.41) is 6.39. The van der Waals surface area contributed by atoms with Gasteiger partial charge in [0.2, 0.25) is 5.95 Å². The van der Waals surface area contributed by atoms with Crippen molar-refractivity contribution in [3.8, 4) is 0 Å². The minimum atomic E-state index is -0.199. The highest BCUT2D eigenvalue weighted by Crippen LogP contribution is 2.40. The van der Waals surface area contributed by atoms with Crippen LogP contribution < -0.4 is 10.6 Å². The zero-order valence-corrected chi connectivity index (χ0v) is 12.3. The van der Waals surface area contributed by atoms with E-state index in [0.717, 1.165) is 23.7 Å².